The molecule has 0 atom stereocenters. The maximum atomic E-state index is 12.8. The molecule has 0 spiro atoms. The number of hydrogen-bond acceptors (Lipinski definition) is 6. The first kappa shape index (κ1) is 22.5. The predicted octanol–water partition coefficient (Wildman–Crippen LogP) is 5.73. The van der Waals surface area contributed by atoms with E-state index in [0.717, 1.165) is 21.2 Å². The van der Waals surface area contributed by atoms with Crippen molar-refractivity contribution < 1.29 is 14.3 Å². The molecule has 0 saturated carbocycles. The molecule has 0 aliphatic rings. The third kappa shape index (κ3) is 5.68. The lowest BCUT2D eigenvalue weighted by Gasteiger charge is -2.14. The van der Waals surface area contributed by atoms with E-state index in [1.807, 2.05) is 49.6 Å². The molecule has 0 aliphatic carbocycles. The molecule has 0 fully saturated rings. The molecular weight excluding hydrogens is 440 g/mol. The summed E-state index contributed by atoms with van der Waals surface area (Å²) in [5.41, 5.74) is 3.47. The quantitative estimate of drug-likeness (QED) is 0.411. The first-order chi connectivity index (χ1) is 14.5. The van der Waals surface area contributed by atoms with Gasteiger partial charge in [0.1, 0.15) is 4.34 Å². The number of carbonyl (C=O) groups is 1. The van der Waals surface area contributed by atoms with E-state index in [-0.39, 0.29) is 5.91 Å². The highest BCUT2D eigenvalue weighted by molar-refractivity contribution is 8.00. The Morgan fingerprint density at radius 3 is 2.80 bits per heavy atom. The average Bonchev–Trinajstić information content (AvgIpc) is 3.17. The monoisotopic (exact) mass is 462 g/mol. The highest BCUT2D eigenvalue weighted by Gasteiger charge is 2.14. The number of thiazole rings is 1. The number of hydrogen-bond donors (Lipinski definition) is 1. The van der Waals surface area contributed by atoms with E-state index in [2.05, 4.69) is 10.3 Å². The van der Waals surface area contributed by atoms with Gasteiger partial charge in [-0.1, -0.05) is 41.6 Å². The maximum Gasteiger partial charge on any atom is 0.251 e. The lowest BCUT2D eigenvalue weighted by Crippen LogP contribution is -2.24. The Labute approximate surface area is 189 Å². The van der Waals surface area contributed by atoms with Crippen molar-refractivity contribution in [1.82, 2.24) is 10.3 Å². The number of carbonyl (C=O) groups excluding carboxylic acids is 1. The minimum Gasteiger partial charge on any atom is -0.493 e. The highest BCUT2D eigenvalue weighted by atomic mass is 35.5. The van der Waals surface area contributed by atoms with Gasteiger partial charge >= 0.3 is 0 Å². The van der Waals surface area contributed by atoms with E-state index < -0.39 is 0 Å². The number of ether oxygens (including phenoxy) is 2. The van der Waals surface area contributed by atoms with Crippen LogP contribution in [0.2, 0.25) is 5.02 Å². The van der Waals surface area contributed by atoms with Gasteiger partial charge in [-0.15, -0.1) is 11.3 Å². The number of rotatable bonds is 9. The summed E-state index contributed by atoms with van der Waals surface area (Å²) >= 11 is 9.58. The molecule has 0 bridgehead atoms. The van der Waals surface area contributed by atoms with Gasteiger partial charge in [-0.05, 0) is 43.2 Å². The largest absolute Gasteiger partial charge is 0.493 e. The zero-order valence-corrected chi connectivity index (χ0v) is 19.4. The zero-order valence-electron chi connectivity index (χ0n) is 17.0. The highest BCUT2D eigenvalue weighted by Crippen LogP contribution is 2.36. The first-order valence-corrected chi connectivity index (χ1v) is 11.7. The van der Waals surface area contributed by atoms with Crippen LogP contribution in [-0.4, -0.2) is 24.6 Å². The van der Waals surface area contributed by atoms with Crippen LogP contribution >= 0.6 is 34.7 Å². The number of amides is 1. The number of benzene rings is 2. The molecule has 2 aromatic carbocycles. The minimum absolute atomic E-state index is 0.134. The lowest BCUT2D eigenvalue weighted by atomic mass is 10.1. The third-order valence-electron chi connectivity index (χ3n) is 4.24. The Morgan fingerprint density at radius 1 is 1.30 bits per heavy atom. The zero-order chi connectivity index (χ0) is 21.5. The van der Waals surface area contributed by atoms with Crippen molar-refractivity contribution in [3.63, 3.8) is 0 Å². The van der Waals surface area contributed by atoms with E-state index in [9.17, 15) is 4.79 Å². The molecule has 30 heavy (non-hydrogen) atoms. The molecule has 1 amide bonds. The Kier molecular flexibility index (Phi) is 8.01. The molecule has 0 unspecified atom stereocenters. The summed E-state index contributed by atoms with van der Waals surface area (Å²) in [5, 5.41) is 5.45. The number of methoxy groups -OCH3 is 1. The number of thioether (sulfide) groups is 1. The number of nitrogens with one attached hydrogen (secondary N) is 1. The second kappa shape index (κ2) is 10.7. The van der Waals surface area contributed by atoms with Crippen molar-refractivity contribution in [2.75, 3.05) is 13.7 Å². The van der Waals surface area contributed by atoms with Crippen molar-refractivity contribution in [3.05, 3.63) is 69.2 Å². The number of aryl methyl sites for hydroxylation is 1. The number of nitrogens with zero attached hydrogens (tertiary/aromatic N) is 1. The normalized spacial score (nSPS) is 10.7. The third-order valence-corrected chi connectivity index (χ3v) is 6.71. The van der Waals surface area contributed by atoms with Crippen molar-refractivity contribution >= 4 is 40.6 Å². The summed E-state index contributed by atoms with van der Waals surface area (Å²) in [6.45, 7) is 4.68. The van der Waals surface area contributed by atoms with Crippen LogP contribution in [0.5, 0.6) is 11.5 Å². The van der Waals surface area contributed by atoms with Crippen LogP contribution in [0.15, 0.2) is 46.1 Å². The van der Waals surface area contributed by atoms with Crippen molar-refractivity contribution in [2.45, 2.75) is 30.5 Å². The molecule has 1 heterocycles. The van der Waals surface area contributed by atoms with Crippen molar-refractivity contribution in [2.24, 2.45) is 0 Å². The fourth-order valence-electron chi connectivity index (χ4n) is 2.84. The first-order valence-electron chi connectivity index (χ1n) is 9.42. The molecule has 1 N–H and O–H groups in total. The van der Waals surface area contributed by atoms with Crippen LogP contribution < -0.4 is 14.8 Å². The molecule has 0 radical (unpaired) electrons. The van der Waals surface area contributed by atoms with Crippen LogP contribution in [0.3, 0.4) is 0 Å². The summed E-state index contributed by atoms with van der Waals surface area (Å²) in [6.07, 6.45) is 0. The molecule has 0 saturated heterocycles. The molecule has 0 aliphatic heterocycles. The van der Waals surface area contributed by atoms with Crippen molar-refractivity contribution in [1.29, 1.82) is 0 Å². The molecule has 3 aromatic rings. The summed E-state index contributed by atoms with van der Waals surface area (Å²) in [4.78, 5) is 17.3. The SMILES string of the molecule is CCOc1c(Cl)cc(CNC(=O)c2ccccc2CSc2nc(C)cs2)cc1OC. The smallest absolute Gasteiger partial charge is 0.251 e. The maximum absolute atomic E-state index is 12.8. The van der Waals surface area contributed by atoms with Gasteiger partial charge < -0.3 is 14.8 Å². The second-order valence-corrected chi connectivity index (χ2v) is 8.91. The minimum atomic E-state index is -0.134. The van der Waals surface area contributed by atoms with Gasteiger partial charge in [0, 0.05) is 28.9 Å². The van der Waals surface area contributed by atoms with Crippen LogP contribution in [-0.2, 0) is 12.3 Å². The van der Waals surface area contributed by atoms with Crippen LogP contribution in [0.1, 0.15) is 34.1 Å². The Hall–Kier alpha value is -2.22. The van der Waals surface area contributed by atoms with Gasteiger partial charge in [0.2, 0.25) is 0 Å². The van der Waals surface area contributed by atoms with E-state index in [1.165, 1.54) is 0 Å². The number of halogens is 1. The summed E-state index contributed by atoms with van der Waals surface area (Å²) in [6, 6.07) is 11.2. The van der Waals surface area contributed by atoms with Gasteiger partial charge in [0.15, 0.2) is 11.5 Å². The van der Waals surface area contributed by atoms with Crippen molar-refractivity contribution in [3.8, 4) is 11.5 Å². The topological polar surface area (TPSA) is 60.5 Å². The van der Waals surface area contributed by atoms with E-state index in [4.69, 9.17) is 21.1 Å². The summed E-state index contributed by atoms with van der Waals surface area (Å²) < 4.78 is 11.9. The Morgan fingerprint density at radius 2 is 2.10 bits per heavy atom. The summed E-state index contributed by atoms with van der Waals surface area (Å²) in [5.74, 6) is 1.60. The van der Waals surface area contributed by atoms with E-state index in [1.54, 1.807) is 36.3 Å². The van der Waals surface area contributed by atoms with Crippen LogP contribution in [0, 0.1) is 6.92 Å². The van der Waals surface area contributed by atoms with Gasteiger partial charge in [0.05, 0.1) is 18.7 Å². The molecule has 3 rings (SSSR count). The molecule has 1 aromatic heterocycles. The Bertz CT molecular complexity index is 1020. The standard InChI is InChI=1S/C22H23ClN2O3S2/c1-4-28-20-18(23)9-15(10-19(20)27-3)11-24-21(26)17-8-6-5-7-16(17)13-30-22-25-14(2)12-29-22/h5-10,12H,4,11,13H2,1-3H3,(H,24,26). The summed E-state index contributed by atoms with van der Waals surface area (Å²) in [7, 11) is 1.56. The fourth-order valence-corrected chi connectivity index (χ4v) is 4.98. The lowest BCUT2D eigenvalue weighted by molar-refractivity contribution is 0.0950. The predicted molar refractivity (Wildman–Crippen MR) is 123 cm³/mol. The molecule has 5 nitrogen and oxygen atoms in total. The number of aromatic nitrogens is 1. The van der Waals surface area contributed by atoms with E-state index >= 15 is 0 Å². The van der Waals surface area contributed by atoms with Gasteiger partial charge in [-0.2, -0.15) is 0 Å². The van der Waals surface area contributed by atoms with Crippen LogP contribution in [0.25, 0.3) is 0 Å². The van der Waals surface area contributed by atoms with Gasteiger partial charge in [0.25, 0.3) is 5.91 Å². The molecule has 8 heteroatoms. The van der Waals surface area contributed by atoms with E-state index in [0.29, 0.717) is 41.0 Å². The van der Waals surface area contributed by atoms with Gasteiger partial charge in [-0.3, -0.25) is 4.79 Å². The van der Waals surface area contributed by atoms with Gasteiger partial charge in [-0.25, -0.2) is 4.98 Å². The average molecular weight is 463 g/mol. The molecular formula is C22H23ClN2O3S2. The fraction of sp³-hybridized carbons (Fsp3) is 0.273. The van der Waals surface area contributed by atoms with Crippen LogP contribution in [0.4, 0.5) is 0 Å². The second-order valence-electron chi connectivity index (χ2n) is 6.43. The molecule has 158 valence electrons. The Balaban J connectivity index is 1.68.